The van der Waals surface area contributed by atoms with E-state index >= 15 is 0 Å². The third-order valence-corrected chi connectivity index (χ3v) is 7.82. The van der Waals surface area contributed by atoms with Gasteiger partial charge in [0.15, 0.2) is 0 Å². The fraction of sp³-hybridized carbons (Fsp3) is 0.259. The Morgan fingerprint density at radius 2 is 2.03 bits per heavy atom. The van der Waals surface area contributed by atoms with E-state index in [4.69, 9.17) is 9.72 Å². The topological polar surface area (TPSA) is 42.4 Å². The molecule has 4 aromatic rings. The number of thiophene rings is 1. The zero-order valence-electron chi connectivity index (χ0n) is 19.0. The van der Waals surface area contributed by atoms with Crippen molar-refractivity contribution in [3.63, 3.8) is 0 Å². The van der Waals surface area contributed by atoms with E-state index in [1.165, 1.54) is 16.2 Å². The van der Waals surface area contributed by atoms with E-state index < -0.39 is 0 Å². The first-order valence-corrected chi connectivity index (χ1v) is 13.1. The van der Waals surface area contributed by atoms with E-state index in [2.05, 4.69) is 36.6 Å². The Kier molecular flexibility index (Phi) is 6.13. The van der Waals surface area contributed by atoms with Gasteiger partial charge in [-0.3, -0.25) is 4.79 Å². The average Bonchev–Trinajstić information content (AvgIpc) is 3.60. The summed E-state index contributed by atoms with van der Waals surface area (Å²) in [7, 11) is 1.68. The van der Waals surface area contributed by atoms with Gasteiger partial charge in [0.05, 0.1) is 23.2 Å². The van der Waals surface area contributed by atoms with Gasteiger partial charge in [0.1, 0.15) is 5.75 Å². The number of carbonyl (C=O) groups excluding carboxylic acids is 1. The van der Waals surface area contributed by atoms with Crippen molar-refractivity contribution in [3.05, 3.63) is 76.0 Å². The quantitative estimate of drug-likeness (QED) is 0.276. The average molecular weight is 475 g/mol. The number of aromatic nitrogens is 1. The van der Waals surface area contributed by atoms with Crippen LogP contribution in [-0.2, 0) is 6.54 Å². The second-order valence-electron chi connectivity index (χ2n) is 8.38. The highest BCUT2D eigenvalue weighted by atomic mass is 32.2. The summed E-state index contributed by atoms with van der Waals surface area (Å²) < 4.78 is 5.48. The monoisotopic (exact) mass is 474 g/mol. The van der Waals surface area contributed by atoms with Crippen molar-refractivity contribution in [2.45, 2.75) is 37.2 Å². The van der Waals surface area contributed by atoms with Crippen molar-refractivity contribution in [1.29, 1.82) is 0 Å². The molecule has 0 radical (unpaired) electrons. The molecule has 1 saturated carbocycles. The van der Waals surface area contributed by atoms with Crippen LogP contribution in [0.1, 0.15) is 33.6 Å². The van der Waals surface area contributed by atoms with Crippen LogP contribution >= 0.6 is 23.1 Å². The van der Waals surface area contributed by atoms with Gasteiger partial charge in [0.2, 0.25) is 0 Å². The lowest BCUT2D eigenvalue weighted by atomic mass is 10.0. The van der Waals surface area contributed by atoms with Gasteiger partial charge in [-0.05, 0) is 78.9 Å². The van der Waals surface area contributed by atoms with Crippen molar-refractivity contribution < 1.29 is 9.53 Å². The Morgan fingerprint density at radius 1 is 1.18 bits per heavy atom. The van der Waals surface area contributed by atoms with Crippen LogP contribution in [-0.4, -0.2) is 35.2 Å². The number of fused-ring (bicyclic) bond motifs is 1. The van der Waals surface area contributed by atoms with Crippen LogP contribution in [0.2, 0.25) is 0 Å². The second-order valence-corrected chi connectivity index (χ2v) is 10.2. The lowest BCUT2D eigenvalue weighted by Crippen LogP contribution is -2.32. The zero-order valence-corrected chi connectivity index (χ0v) is 20.6. The summed E-state index contributed by atoms with van der Waals surface area (Å²) in [6.07, 6.45) is 4.19. The standard InChI is InChI=1S/C27H26N2O2S2/c1-17-11-12-33-26(17)27(30)29(21-8-9-21)16-20-13-18-7-10-23(32-3)15-24(18)28-25(20)19-5-4-6-22(14-19)31-2/h4-7,10-15,21H,8-9,16H2,1-3H3. The number of hydrogen-bond acceptors (Lipinski definition) is 5. The molecule has 2 aromatic heterocycles. The molecular weight excluding hydrogens is 448 g/mol. The van der Waals surface area contributed by atoms with Crippen LogP contribution < -0.4 is 4.74 Å². The minimum atomic E-state index is 0.124. The summed E-state index contributed by atoms with van der Waals surface area (Å²) >= 11 is 3.24. The summed E-state index contributed by atoms with van der Waals surface area (Å²) in [5, 5.41) is 3.08. The van der Waals surface area contributed by atoms with Crippen molar-refractivity contribution in [1.82, 2.24) is 9.88 Å². The van der Waals surface area contributed by atoms with E-state index in [-0.39, 0.29) is 5.91 Å². The summed E-state index contributed by atoms with van der Waals surface area (Å²) in [6, 6.07) is 18.9. The third kappa shape index (κ3) is 4.50. The maximum absolute atomic E-state index is 13.5. The number of hydrogen-bond donors (Lipinski definition) is 0. The molecule has 0 aliphatic heterocycles. The maximum Gasteiger partial charge on any atom is 0.264 e. The largest absolute Gasteiger partial charge is 0.497 e. The fourth-order valence-corrected chi connectivity index (χ4v) is 5.43. The van der Waals surface area contributed by atoms with Crippen molar-refractivity contribution in [2.24, 2.45) is 0 Å². The number of benzene rings is 2. The van der Waals surface area contributed by atoms with E-state index in [1.54, 1.807) is 18.9 Å². The van der Waals surface area contributed by atoms with Crippen LogP contribution in [0.25, 0.3) is 22.2 Å². The first-order valence-electron chi connectivity index (χ1n) is 11.0. The van der Waals surface area contributed by atoms with Gasteiger partial charge in [0.25, 0.3) is 5.91 Å². The minimum absolute atomic E-state index is 0.124. The van der Waals surface area contributed by atoms with Crippen LogP contribution in [0, 0.1) is 6.92 Å². The Morgan fingerprint density at radius 3 is 2.73 bits per heavy atom. The predicted octanol–water partition coefficient (Wildman–Crippen LogP) is 6.81. The van der Waals surface area contributed by atoms with Crippen molar-refractivity contribution in [3.8, 4) is 17.0 Å². The number of aryl methyl sites for hydroxylation is 1. The van der Waals surface area contributed by atoms with Crippen LogP contribution in [0.15, 0.2) is 64.9 Å². The molecule has 1 aliphatic rings. The summed E-state index contributed by atoms with van der Waals surface area (Å²) in [5.74, 6) is 0.918. The summed E-state index contributed by atoms with van der Waals surface area (Å²) in [6.45, 7) is 2.55. The SMILES string of the molecule is COc1cccc(-c2nc3cc(SC)ccc3cc2CN(C(=O)c2sccc2C)C2CC2)c1. The first-order chi connectivity index (χ1) is 16.1. The molecular formula is C27H26N2O2S2. The first kappa shape index (κ1) is 22.0. The molecule has 0 saturated heterocycles. The number of pyridine rings is 1. The van der Waals surface area contributed by atoms with E-state index in [0.717, 1.165) is 56.8 Å². The van der Waals surface area contributed by atoms with Crippen LogP contribution in [0.3, 0.4) is 0 Å². The number of methoxy groups -OCH3 is 1. The number of nitrogens with zero attached hydrogens (tertiary/aromatic N) is 2. The highest BCUT2D eigenvalue weighted by Crippen LogP contribution is 2.35. The van der Waals surface area contributed by atoms with E-state index in [9.17, 15) is 4.79 Å². The number of carbonyl (C=O) groups is 1. The third-order valence-electron chi connectivity index (χ3n) is 6.09. The highest BCUT2D eigenvalue weighted by molar-refractivity contribution is 7.98. The van der Waals surface area contributed by atoms with Gasteiger partial charge < -0.3 is 9.64 Å². The highest BCUT2D eigenvalue weighted by Gasteiger charge is 2.34. The molecule has 33 heavy (non-hydrogen) atoms. The van der Waals surface area contributed by atoms with Gasteiger partial charge in [0, 0.05) is 28.4 Å². The van der Waals surface area contributed by atoms with Gasteiger partial charge in [-0.15, -0.1) is 23.1 Å². The molecule has 1 aliphatic carbocycles. The molecule has 1 amide bonds. The normalized spacial score (nSPS) is 13.3. The van der Waals surface area contributed by atoms with Gasteiger partial charge in [-0.1, -0.05) is 18.2 Å². The molecule has 4 nitrogen and oxygen atoms in total. The molecule has 2 heterocycles. The smallest absolute Gasteiger partial charge is 0.264 e. The number of rotatable bonds is 7. The van der Waals surface area contributed by atoms with E-state index in [1.807, 2.05) is 41.5 Å². The molecule has 6 heteroatoms. The minimum Gasteiger partial charge on any atom is -0.497 e. The zero-order chi connectivity index (χ0) is 22.9. The molecule has 0 N–H and O–H groups in total. The Balaban J connectivity index is 1.62. The van der Waals surface area contributed by atoms with Crippen LogP contribution in [0.4, 0.5) is 0 Å². The Hall–Kier alpha value is -2.83. The van der Waals surface area contributed by atoms with Gasteiger partial charge in [-0.25, -0.2) is 4.98 Å². The van der Waals surface area contributed by atoms with Gasteiger partial charge in [-0.2, -0.15) is 0 Å². The molecule has 168 valence electrons. The Bertz CT molecular complexity index is 1330. The molecule has 5 rings (SSSR count). The number of amides is 1. The lowest BCUT2D eigenvalue weighted by Gasteiger charge is -2.24. The Labute approximate surface area is 202 Å². The fourth-order valence-electron chi connectivity index (χ4n) is 4.12. The van der Waals surface area contributed by atoms with E-state index in [0.29, 0.717) is 12.6 Å². The number of thioether (sulfide) groups is 1. The van der Waals surface area contributed by atoms with Crippen LogP contribution in [0.5, 0.6) is 5.75 Å². The lowest BCUT2D eigenvalue weighted by molar-refractivity contribution is 0.0734. The molecule has 1 fully saturated rings. The second kappa shape index (κ2) is 9.20. The molecule has 0 spiro atoms. The predicted molar refractivity (Wildman–Crippen MR) is 137 cm³/mol. The van der Waals surface area contributed by atoms with Crippen molar-refractivity contribution >= 4 is 39.9 Å². The summed E-state index contributed by atoms with van der Waals surface area (Å²) in [4.78, 5) is 22.7. The van der Waals surface area contributed by atoms with Gasteiger partial charge >= 0.3 is 0 Å². The summed E-state index contributed by atoms with van der Waals surface area (Å²) in [5.41, 5.74) is 4.96. The molecule has 0 unspecified atom stereocenters. The molecule has 0 bridgehead atoms. The van der Waals surface area contributed by atoms with Crippen molar-refractivity contribution in [2.75, 3.05) is 13.4 Å². The molecule has 0 atom stereocenters. The number of ether oxygens (including phenoxy) is 1. The molecule has 2 aromatic carbocycles. The maximum atomic E-state index is 13.5.